The minimum absolute atomic E-state index is 0.220. The number of nitrogens with zero attached hydrogens (tertiary/aromatic N) is 1. The zero-order valence-electron chi connectivity index (χ0n) is 11.8. The molecule has 0 amide bonds. The highest BCUT2D eigenvalue weighted by Gasteiger charge is 2.29. The van der Waals surface area contributed by atoms with Gasteiger partial charge in [0.2, 0.25) is 0 Å². The molecule has 1 atom stereocenters. The molecule has 1 aliphatic carbocycles. The second-order valence-corrected chi connectivity index (χ2v) is 6.61. The zero-order valence-corrected chi connectivity index (χ0v) is 11.8. The molecule has 0 saturated heterocycles. The maximum atomic E-state index is 6.04. The van der Waals surface area contributed by atoms with Gasteiger partial charge in [0.05, 0.1) is 0 Å². The Bertz CT molecular complexity index is 203. The van der Waals surface area contributed by atoms with E-state index in [1.807, 2.05) is 0 Å². The topological polar surface area (TPSA) is 29.3 Å². The van der Waals surface area contributed by atoms with E-state index in [1.165, 1.54) is 25.7 Å². The van der Waals surface area contributed by atoms with E-state index in [0.29, 0.717) is 0 Å². The minimum atomic E-state index is 0.220. The van der Waals surface area contributed by atoms with Crippen LogP contribution in [0.25, 0.3) is 0 Å². The van der Waals surface area contributed by atoms with E-state index in [2.05, 4.69) is 39.6 Å². The van der Waals surface area contributed by atoms with Gasteiger partial charge in [-0.15, -0.1) is 0 Å². The van der Waals surface area contributed by atoms with E-state index in [1.54, 1.807) is 0 Å². The van der Waals surface area contributed by atoms with Crippen LogP contribution in [0.2, 0.25) is 0 Å². The molecule has 2 N–H and O–H groups in total. The van der Waals surface area contributed by atoms with Gasteiger partial charge in [0.1, 0.15) is 0 Å². The van der Waals surface area contributed by atoms with Gasteiger partial charge in [-0.3, -0.25) is 0 Å². The van der Waals surface area contributed by atoms with Crippen LogP contribution in [0.1, 0.15) is 53.4 Å². The summed E-state index contributed by atoms with van der Waals surface area (Å²) in [6, 6.07) is 1.05. The van der Waals surface area contributed by atoms with Crippen LogP contribution in [-0.4, -0.2) is 30.6 Å². The standard InChI is InChI=1S/C14H30N2/c1-11-6-8-13(9-7-11)16(5)10-14(3,4)12(2)15/h11-13H,6-10,15H2,1-5H3. The first kappa shape index (κ1) is 14.0. The quantitative estimate of drug-likeness (QED) is 0.798. The first-order chi connectivity index (χ1) is 7.33. The van der Waals surface area contributed by atoms with Crippen LogP contribution >= 0.6 is 0 Å². The van der Waals surface area contributed by atoms with E-state index >= 15 is 0 Å². The Kier molecular flexibility index (Phi) is 4.81. The first-order valence-electron chi connectivity index (χ1n) is 6.78. The van der Waals surface area contributed by atoms with E-state index in [4.69, 9.17) is 5.73 Å². The van der Waals surface area contributed by atoms with Crippen molar-refractivity contribution in [2.75, 3.05) is 13.6 Å². The molecule has 0 radical (unpaired) electrons. The average Bonchev–Trinajstić information content (AvgIpc) is 2.17. The summed E-state index contributed by atoms with van der Waals surface area (Å²) in [5.74, 6) is 0.936. The van der Waals surface area contributed by atoms with Gasteiger partial charge in [-0.1, -0.05) is 20.8 Å². The van der Waals surface area contributed by atoms with Crippen LogP contribution in [0.15, 0.2) is 0 Å². The molecule has 2 heteroatoms. The molecule has 1 fully saturated rings. The summed E-state index contributed by atoms with van der Waals surface area (Å²) in [6.45, 7) is 10.2. The number of rotatable bonds is 4. The third-order valence-corrected chi connectivity index (χ3v) is 4.50. The molecular formula is C14H30N2. The van der Waals surface area contributed by atoms with Crippen LogP contribution in [0, 0.1) is 11.3 Å². The van der Waals surface area contributed by atoms with Crippen molar-refractivity contribution in [1.82, 2.24) is 4.90 Å². The number of nitrogens with two attached hydrogens (primary N) is 1. The molecule has 0 heterocycles. The fourth-order valence-electron chi connectivity index (χ4n) is 2.60. The molecule has 16 heavy (non-hydrogen) atoms. The van der Waals surface area contributed by atoms with Gasteiger partial charge in [-0.2, -0.15) is 0 Å². The summed E-state index contributed by atoms with van der Waals surface area (Å²) in [4.78, 5) is 2.54. The van der Waals surface area contributed by atoms with E-state index in [9.17, 15) is 0 Å². The average molecular weight is 226 g/mol. The Labute approximate surface area is 102 Å². The monoisotopic (exact) mass is 226 g/mol. The van der Waals surface area contributed by atoms with Crippen molar-refractivity contribution in [2.45, 2.75) is 65.5 Å². The molecule has 0 bridgehead atoms. The Morgan fingerprint density at radius 2 is 1.75 bits per heavy atom. The Morgan fingerprint density at radius 1 is 1.25 bits per heavy atom. The van der Waals surface area contributed by atoms with Crippen LogP contribution in [0.5, 0.6) is 0 Å². The van der Waals surface area contributed by atoms with Gasteiger partial charge in [0.15, 0.2) is 0 Å². The normalized spacial score (nSPS) is 29.4. The summed E-state index contributed by atoms with van der Waals surface area (Å²) >= 11 is 0. The molecule has 0 aromatic carbocycles. The summed E-state index contributed by atoms with van der Waals surface area (Å²) in [6.07, 6.45) is 5.53. The predicted octanol–water partition coefficient (Wildman–Crippen LogP) is 2.87. The molecule has 1 unspecified atom stereocenters. The Hall–Kier alpha value is -0.0800. The SMILES string of the molecule is CC1CCC(N(C)CC(C)(C)C(C)N)CC1. The van der Waals surface area contributed by atoms with Crippen LogP contribution in [0.3, 0.4) is 0 Å². The van der Waals surface area contributed by atoms with Gasteiger partial charge >= 0.3 is 0 Å². The van der Waals surface area contributed by atoms with Crippen LogP contribution in [-0.2, 0) is 0 Å². The summed E-state index contributed by atoms with van der Waals surface area (Å²) in [5, 5.41) is 0. The van der Waals surface area contributed by atoms with Crippen molar-refractivity contribution < 1.29 is 0 Å². The second kappa shape index (κ2) is 5.50. The Balaban J connectivity index is 2.43. The fraction of sp³-hybridized carbons (Fsp3) is 1.00. The maximum absolute atomic E-state index is 6.04. The molecule has 2 nitrogen and oxygen atoms in total. The lowest BCUT2D eigenvalue weighted by atomic mass is 9.82. The first-order valence-corrected chi connectivity index (χ1v) is 6.78. The van der Waals surface area contributed by atoms with Crippen molar-refractivity contribution in [3.63, 3.8) is 0 Å². The summed E-state index contributed by atoms with van der Waals surface area (Å²) in [7, 11) is 2.27. The zero-order chi connectivity index (χ0) is 12.3. The molecule has 0 aromatic rings. The van der Waals surface area contributed by atoms with Crippen molar-refractivity contribution >= 4 is 0 Å². The van der Waals surface area contributed by atoms with Crippen molar-refractivity contribution in [2.24, 2.45) is 17.1 Å². The lowest BCUT2D eigenvalue weighted by Gasteiger charge is -2.39. The van der Waals surface area contributed by atoms with Gasteiger partial charge in [-0.25, -0.2) is 0 Å². The van der Waals surface area contributed by atoms with Crippen LogP contribution < -0.4 is 5.73 Å². The molecule has 1 aliphatic rings. The molecule has 1 rings (SSSR count). The van der Waals surface area contributed by atoms with Gasteiger partial charge < -0.3 is 10.6 Å². The molecular weight excluding hydrogens is 196 g/mol. The van der Waals surface area contributed by atoms with Gasteiger partial charge in [0, 0.05) is 18.6 Å². The maximum Gasteiger partial charge on any atom is 0.00926 e. The lowest BCUT2D eigenvalue weighted by Crippen LogP contribution is -2.46. The smallest absolute Gasteiger partial charge is 0.00926 e. The number of hydrogen-bond donors (Lipinski definition) is 1. The number of hydrogen-bond acceptors (Lipinski definition) is 2. The molecule has 96 valence electrons. The minimum Gasteiger partial charge on any atom is -0.327 e. The van der Waals surface area contributed by atoms with E-state index in [0.717, 1.165) is 18.5 Å². The third-order valence-electron chi connectivity index (χ3n) is 4.50. The van der Waals surface area contributed by atoms with E-state index < -0.39 is 0 Å². The summed E-state index contributed by atoms with van der Waals surface area (Å²) < 4.78 is 0. The highest BCUT2D eigenvalue weighted by molar-refractivity contribution is 4.84. The molecule has 1 saturated carbocycles. The van der Waals surface area contributed by atoms with E-state index in [-0.39, 0.29) is 11.5 Å². The Morgan fingerprint density at radius 3 is 2.19 bits per heavy atom. The highest BCUT2D eigenvalue weighted by Crippen LogP contribution is 2.29. The lowest BCUT2D eigenvalue weighted by molar-refractivity contribution is 0.110. The highest BCUT2D eigenvalue weighted by atomic mass is 15.1. The van der Waals surface area contributed by atoms with Crippen molar-refractivity contribution in [3.05, 3.63) is 0 Å². The van der Waals surface area contributed by atoms with Gasteiger partial charge in [-0.05, 0) is 51.0 Å². The van der Waals surface area contributed by atoms with Gasteiger partial charge in [0.25, 0.3) is 0 Å². The molecule has 0 aromatic heterocycles. The summed E-state index contributed by atoms with van der Waals surface area (Å²) in [5.41, 5.74) is 6.26. The largest absolute Gasteiger partial charge is 0.327 e. The van der Waals surface area contributed by atoms with Crippen LogP contribution in [0.4, 0.5) is 0 Å². The second-order valence-electron chi connectivity index (χ2n) is 6.61. The van der Waals surface area contributed by atoms with Crippen molar-refractivity contribution in [3.8, 4) is 0 Å². The fourth-order valence-corrected chi connectivity index (χ4v) is 2.60. The third kappa shape index (κ3) is 3.74. The molecule has 0 spiro atoms. The predicted molar refractivity (Wildman–Crippen MR) is 71.5 cm³/mol. The van der Waals surface area contributed by atoms with Crippen molar-refractivity contribution in [1.29, 1.82) is 0 Å². The molecule has 0 aliphatic heterocycles.